The maximum Gasteiger partial charge on any atom is 0.416 e. The molecule has 2 saturated heterocycles. The molecule has 32 heavy (non-hydrogen) atoms. The number of cyclic esters (lactones) is 1. The Balaban J connectivity index is 1.63. The third-order valence-electron chi connectivity index (χ3n) is 6.25. The fourth-order valence-corrected chi connectivity index (χ4v) is 5.25. The topological polar surface area (TPSA) is 91.3 Å². The van der Waals surface area contributed by atoms with E-state index in [9.17, 15) is 14.4 Å². The predicted octanol–water partition coefficient (Wildman–Crippen LogP) is 2.46. The highest BCUT2D eigenvalue weighted by Gasteiger charge is 2.66. The fourth-order valence-electron chi connectivity index (χ4n) is 4.76. The number of carbonyl (C=O) groups excluding carboxylic acids is 3. The molecule has 0 saturated carbocycles. The van der Waals surface area contributed by atoms with Gasteiger partial charge in [-0.3, -0.25) is 9.59 Å². The second-order valence-corrected chi connectivity index (χ2v) is 8.30. The molecule has 162 valence electrons. The van der Waals surface area contributed by atoms with Crippen molar-refractivity contribution in [3.05, 3.63) is 66.2 Å². The molecule has 0 bridgehead atoms. The lowest BCUT2D eigenvalue weighted by atomic mass is 9.68. The Labute approximate surface area is 189 Å². The number of para-hydroxylation sites is 1. The second-order valence-electron chi connectivity index (χ2n) is 7.89. The van der Waals surface area contributed by atoms with Crippen molar-refractivity contribution in [1.82, 2.24) is 10.2 Å². The van der Waals surface area contributed by atoms with Gasteiger partial charge >= 0.3 is 6.09 Å². The second kappa shape index (κ2) is 7.52. The van der Waals surface area contributed by atoms with Crippen molar-refractivity contribution in [2.24, 2.45) is 10.5 Å². The number of nitrogens with one attached hydrogen (secondary N) is 1. The normalized spacial score (nSPS) is 27.0. The number of ether oxygens (including phenoxy) is 1. The molecule has 3 aliphatic heterocycles. The Morgan fingerprint density at radius 2 is 1.78 bits per heavy atom. The van der Waals surface area contributed by atoms with Crippen LogP contribution in [0.4, 0.5) is 10.5 Å². The molecular weight excluding hydrogens is 428 g/mol. The number of imide groups is 1. The summed E-state index contributed by atoms with van der Waals surface area (Å²) >= 11 is 5.70. The van der Waals surface area contributed by atoms with E-state index in [0.29, 0.717) is 11.4 Å². The highest BCUT2D eigenvalue weighted by Crippen LogP contribution is 2.50. The molecule has 2 fully saturated rings. The fraction of sp³-hybridized carbons (Fsp3) is 0.261. The summed E-state index contributed by atoms with van der Waals surface area (Å²) in [5.41, 5.74) is 0.526. The number of hydrogen-bond donors (Lipinski definition) is 1. The van der Waals surface area contributed by atoms with Gasteiger partial charge in [-0.05, 0) is 24.6 Å². The summed E-state index contributed by atoms with van der Waals surface area (Å²) in [5, 5.41) is 8.98. The Kier molecular flexibility index (Phi) is 4.78. The first-order chi connectivity index (χ1) is 15.5. The number of anilines is 1. The van der Waals surface area contributed by atoms with Crippen LogP contribution < -0.4 is 10.3 Å². The first-order valence-corrected chi connectivity index (χ1v) is 10.7. The van der Waals surface area contributed by atoms with E-state index in [1.807, 2.05) is 48.5 Å². The Morgan fingerprint density at radius 1 is 1.12 bits per heavy atom. The van der Waals surface area contributed by atoms with Crippen molar-refractivity contribution in [3.63, 3.8) is 0 Å². The number of hydrogen-bond acceptors (Lipinski definition) is 6. The molecule has 0 unspecified atom stereocenters. The van der Waals surface area contributed by atoms with Crippen molar-refractivity contribution < 1.29 is 19.1 Å². The minimum atomic E-state index is -1.34. The number of amides is 3. The summed E-state index contributed by atoms with van der Waals surface area (Å²) < 4.78 is 4.95. The summed E-state index contributed by atoms with van der Waals surface area (Å²) in [6.07, 6.45) is -0.690. The van der Waals surface area contributed by atoms with Gasteiger partial charge in [-0.25, -0.2) is 9.69 Å². The van der Waals surface area contributed by atoms with Gasteiger partial charge < -0.3 is 10.1 Å². The van der Waals surface area contributed by atoms with E-state index in [1.165, 1.54) is 5.01 Å². The summed E-state index contributed by atoms with van der Waals surface area (Å²) in [7, 11) is 0. The van der Waals surface area contributed by atoms with Crippen LogP contribution in [0.3, 0.4) is 0 Å². The lowest BCUT2D eigenvalue weighted by Gasteiger charge is -2.31. The van der Waals surface area contributed by atoms with Gasteiger partial charge in [0, 0.05) is 5.92 Å². The summed E-state index contributed by atoms with van der Waals surface area (Å²) in [5.74, 6) is -1.48. The summed E-state index contributed by atoms with van der Waals surface area (Å²) in [4.78, 5) is 40.8. The first-order valence-electron chi connectivity index (χ1n) is 10.3. The van der Waals surface area contributed by atoms with Crippen LogP contribution in [0.5, 0.6) is 0 Å². The average Bonchev–Trinajstić information content (AvgIpc) is 3.46. The molecule has 1 spiro atoms. The van der Waals surface area contributed by atoms with E-state index in [2.05, 4.69) is 10.4 Å². The molecule has 5 rings (SSSR count). The van der Waals surface area contributed by atoms with Crippen LogP contribution in [0.1, 0.15) is 18.4 Å². The lowest BCUT2D eigenvalue weighted by molar-refractivity contribution is -0.130. The molecule has 0 aliphatic carbocycles. The van der Waals surface area contributed by atoms with Gasteiger partial charge in [0.15, 0.2) is 5.41 Å². The van der Waals surface area contributed by atoms with Crippen LogP contribution in [0.25, 0.3) is 0 Å². The predicted molar refractivity (Wildman–Crippen MR) is 121 cm³/mol. The maximum atomic E-state index is 14.0. The van der Waals surface area contributed by atoms with Gasteiger partial charge in [-0.2, -0.15) is 10.1 Å². The van der Waals surface area contributed by atoms with E-state index < -0.39 is 29.4 Å². The summed E-state index contributed by atoms with van der Waals surface area (Å²) in [6, 6.07) is 17.4. The van der Waals surface area contributed by atoms with Crippen LogP contribution in [-0.4, -0.2) is 52.7 Å². The van der Waals surface area contributed by atoms with Crippen molar-refractivity contribution in [2.75, 3.05) is 18.2 Å². The van der Waals surface area contributed by atoms with E-state index in [4.69, 9.17) is 17.0 Å². The molecule has 3 amide bonds. The van der Waals surface area contributed by atoms with Crippen molar-refractivity contribution >= 4 is 46.5 Å². The van der Waals surface area contributed by atoms with Gasteiger partial charge in [0.2, 0.25) is 0 Å². The molecule has 9 heteroatoms. The van der Waals surface area contributed by atoms with Gasteiger partial charge in [0.1, 0.15) is 12.6 Å². The van der Waals surface area contributed by atoms with Crippen LogP contribution in [0.15, 0.2) is 65.8 Å². The SMILES string of the molecule is CC1=NN(c2ccccc2)C(=O)[C@]12C(=S)N[C@H](C(=O)N1CCOC1=O)[C@@H]2c1ccccc1. The van der Waals surface area contributed by atoms with Crippen molar-refractivity contribution in [3.8, 4) is 0 Å². The third-order valence-corrected chi connectivity index (χ3v) is 6.69. The van der Waals surface area contributed by atoms with E-state index in [1.54, 1.807) is 19.1 Å². The molecule has 0 radical (unpaired) electrons. The van der Waals surface area contributed by atoms with Crippen LogP contribution in [0, 0.1) is 5.41 Å². The van der Waals surface area contributed by atoms with Crippen molar-refractivity contribution in [2.45, 2.75) is 18.9 Å². The van der Waals surface area contributed by atoms with Crippen LogP contribution in [0.2, 0.25) is 0 Å². The zero-order valence-electron chi connectivity index (χ0n) is 17.2. The highest BCUT2D eigenvalue weighted by molar-refractivity contribution is 7.80. The van der Waals surface area contributed by atoms with E-state index in [-0.39, 0.29) is 24.0 Å². The number of thiocarbonyl (C=S) groups is 1. The number of carbonyl (C=O) groups is 3. The highest BCUT2D eigenvalue weighted by atomic mass is 32.1. The zero-order valence-corrected chi connectivity index (χ0v) is 18.0. The van der Waals surface area contributed by atoms with Gasteiger partial charge in [0.25, 0.3) is 11.8 Å². The van der Waals surface area contributed by atoms with Crippen LogP contribution in [-0.2, 0) is 14.3 Å². The van der Waals surface area contributed by atoms with E-state index in [0.717, 1.165) is 10.5 Å². The van der Waals surface area contributed by atoms with E-state index >= 15 is 0 Å². The van der Waals surface area contributed by atoms with Gasteiger partial charge in [-0.1, -0.05) is 60.7 Å². The quantitative estimate of drug-likeness (QED) is 0.726. The number of benzene rings is 2. The smallest absolute Gasteiger partial charge is 0.416 e. The van der Waals surface area contributed by atoms with Gasteiger partial charge in [0.05, 0.1) is 22.9 Å². The average molecular weight is 449 g/mol. The minimum absolute atomic E-state index is 0.143. The summed E-state index contributed by atoms with van der Waals surface area (Å²) in [6.45, 7) is 2.06. The third kappa shape index (κ3) is 2.77. The minimum Gasteiger partial charge on any atom is -0.447 e. The maximum absolute atomic E-state index is 14.0. The zero-order chi connectivity index (χ0) is 22.5. The first kappa shape index (κ1) is 20.3. The molecule has 3 atom stereocenters. The molecule has 3 heterocycles. The molecule has 8 nitrogen and oxygen atoms in total. The Hall–Kier alpha value is -3.59. The molecule has 1 N–H and O–H groups in total. The number of hydrazone groups is 1. The molecular formula is C23H20N4O4S. The standard InChI is InChI=1S/C23H20N4O4S/c1-14-23(21(29)27(25-14)16-10-6-3-7-11-16)17(15-8-4-2-5-9-15)18(24-20(23)32)19(28)26-12-13-31-22(26)30/h2-11,17-18H,12-13H2,1H3,(H,24,32)/t17-,18-,23+/m0/s1. The largest absolute Gasteiger partial charge is 0.447 e. The van der Waals surface area contributed by atoms with Gasteiger partial charge in [-0.15, -0.1) is 0 Å². The van der Waals surface area contributed by atoms with Crippen molar-refractivity contribution in [1.29, 1.82) is 0 Å². The lowest BCUT2D eigenvalue weighted by Crippen LogP contribution is -2.49. The monoisotopic (exact) mass is 448 g/mol. The Morgan fingerprint density at radius 3 is 2.41 bits per heavy atom. The molecule has 2 aromatic carbocycles. The number of rotatable bonds is 3. The molecule has 0 aromatic heterocycles. The number of nitrogens with zero attached hydrogens (tertiary/aromatic N) is 3. The molecule has 3 aliphatic rings. The van der Waals surface area contributed by atoms with Crippen LogP contribution >= 0.6 is 12.2 Å². The molecule has 2 aromatic rings. The Bertz CT molecular complexity index is 1150.